The highest BCUT2D eigenvalue weighted by Gasteiger charge is 2.50. The molecule has 9 heteroatoms. The number of carbonyl (C=O) groups excluding carboxylic acids is 2. The summed E-state index contributed by atoms with van der Waals surface area (Å²) in [5.74, 6) is 1.97. The number of fused-ring (bicyclic) bond motifs is 4. The fourth-order valence-electron chi connectivity index (χ4n) is 5.78. The first-order valence-electron chi connectivity index (χ1n) is 11.4. The molecule has 4 atom stereocenters. The van der Waals surface area contributed by atoms with Crippen LogP contribution in [0.3, 0.4) is 0 Å². The zero-order valence-electron chi connectivity index (χ0n) is 19.9. The molecule has 33 heavy (non-hydrogen) atoms. The highest BCUT2D eigenvalue weighted by atomic mass is 16.5. The fourth-order valence-corrected chi connectivity index (χ4v) is 5.78. The molecular formula is C24H35N3O6. The lowest BCUT2D eigenvalue weighted by molar-refractivity contribution is -0.152. The van der Waals surface area contributed by atoms with Gasteiger partial charge >= 0.3 is 0 Å². The highest BCUT2D eigenvalue weighted by Crippen LogP contribution is 2.42. The van der Waals surface area contributed by atoms with Gasteiger partial charge in [-0.05, 0) is 57.3 Å². The first kappa shape index (κ1) is 24.8. The lowest BCUT2D eigenvalue weighted by Gasteiger charge is -2.57. The van der Waals surface area contributed by atoms with Gasteiger partial charge in [0.05, 0.1) is 19.8 Å². The molecule has 9 nitrogen and oxygen atoms in total. The minimum Gasteiger partial charge on any atom is -0.493 e. The van der Waals surface area contributed by atoms with E-state index in [-0.39, 0.29) is 24.5 Å². The Balaban J connectivity index is 0.000000968. The molecule has 2 bridgehead atoms. The molecule has 3 fully saturated rings. The molecule has 4 rings (SSSR count). The van der Waals surface area contributed by atoms with Crippen molar-refractivity contribution >= 4 is 18.3 Å². The van der Waals surface area contributed by atoms with E-state index in [1.807, 2.05) is 17.0 Å². The summed E-state index contributed by atoms with van der Waals surface area (Å²) in [6.07, 6.45) is 3.74. The van der Waals surface area contributed by atoms with Crippen LogP contribution in [0.5, 0.6) is 11.5 Å². The van der Waals surface area contributed by atoms with Crippen molar-refractivity contribution < 1.29 is 29.0 Å². The van der Waals surface area contributed by atoms with Crippen molar-refractivity contribution in [3.8, 4) is 11.5 Å². The number of carbonyl (C=O) groups is 3. The largest absolute Gasteiger partial charge is 0.493 e. The third-order valence-corrected chi connectivity index (χ3v) is 6.97. The molecule has 182 valence electrons. The molecule has 1 N–H and O–H groups in total. The summed E-state index contributed by atoms with van der Waals surface area (Å²) >= 11 is 0. The molecule has 0 aliphatic carbocycles. The average molecular weight is 462 g/mol. The molecule has 0 saturated carbocycles. The number of amides is 2. The Morgan fingerprint density at radius 1 is 1.21 bits per heavy atom. The number of hydrogen-bond donors (Lipinski definition) is 1. The van der Waals surface area contributed by atoms with Gasteiger partial charge in [-0.15, -0.1) is 0 Å². The van der Waals surface area contributed by atoms with Gasteiger partial charge in [0, 0.05) is 38.1 Å². The number of likely N-dealkylation sites (tertiary alicyclic amines) is 1. The van der Waals surface area contributed by atoms with E-state index in [1.165, 1.54) is 0 Å². The van der Waals surface area contributed by atoms with E-state index in [4.69, 9.17) is 19.4 Å². The number of benzene rings is 1. The van der Waals surface area contributed by atoms with E-state index >= 15 is 0 Å². The van der Waals surface area contributed by atoms with Crippen molar-refractivity contribution in [3.63, 3.8) is 0 Å². The van der Waals surface area contributed by atoms with Crippen LogP contribution < -0.4 is 9.47 Å². The number of likely N-dealkylation sites (N-methyl/N-ethyl adjacent to an activating group) is 1. The van der Waals surface area contributed by atoms with E-state index in [1.54, 1.807) is 20.3 Å². The zero-order valence-corrected chi connectivity index (χ0v) is 19.9. The molecule has 2 amide bonds. The Morgan fingerprint density at radius 2 is 1.91 bits per heavy atom. The zero-order chi connectivity index (χ0) is 24.1. The van der Waals surface area contributed by atoms with E-state index in [0.29, 0.717) is 54.3 Å². The van der Waals surface area contributed by atoms with Gasteiger partial charge in [0.25, 0.3) is 12.4 Å². The maximum atomic E-state index is 13.5. The number of nitrogens with zero attached hydrogens (tertiary/aromatic N) is 3. The Bertz CT molecular complexity index is 861. The Kier molecular flexibility index (Phi) is 8.18. The van der Waals surface area contributed by atoms with Gasteiger partial charge in [-0.2, -0.15) is 0 Å². The van der Waals surface area contributed by atoms with Crippen molar-refractivity contribution in [1.29, 1.82) is 0 Å². The van der Waals surface area contributed by atoms with Gasteiger partial charge in [0.15, 0.2) is 11.5 Å². The summed E-state index contributed by atoms with van der Waals surface area (Å²) < 4.78 is 10.9. The van der Waals surface area contributed by atoms with Crippen LogP contribution in [-0.2, 0) is 9.59 Å². The number of piperidine rings is 3. The van der Waals surface area contributed by atoms with Gasteiger partial charge in [0.1, 0.15) is 0 Å². The third-order valence-electron chi connectivity index (χ3n) is 6.97. The van der Waals surface area contributed by atoms with Gasteiger partial charge in [-0.1, -0.05) is 6.07 Å². The molecule has 0 radical (unpaired) electrons. The molecule has 1 aromatic rings. The van der Waals surface area contributed by atoms with Gasteiger partial charge < -0.3 is 29.3 Å². The highest BCUT2D eigenvalue weighted by molar-refractivity contribution is 5.98. The number of ether oxygens (including phenoxy) is 2. The quantitative estimate of drug-likeness (QED) is 0.668. The van der Waals surface area contributed by atoms with Crippen molar-refractivity contribution in [3.05, 3.63) is 23.8 Å². The molecular weight excluding hydrogens is 426 g/mol. The summed E-state index contributed by atoms with van der Waals surface area (Å²) in [6.45, 7) is 1.95. The predicted octanol–water partition coefficient (Wildman–Crippen LogP) is 1.81. The molecule has 1 aromatic carbocycles. The monoisotopic (exact) mass is 461 g/mol. The second kappa shape index (κ2) is 10.9. The first-order valence-corrected chi connectivity index (χ1v) is 11.4. The predicted molar refractivity (Wildman–Crippen MR) is 123 cm³/mol. The van der Waals surface area contributed by atoms with Crippen LogP contribution >= 0.6 is 0 Å². The van der Waals surface area contributed by atoms with Crippen molar-refractivity contribution in [2.75, 3.05) is 47.9 Å². The Labute approximate surface area is 195 Å². The summed E-state index contributed by atoms with van der Waals surface area (Å²) in [7, 11) is 7.26. The number of carboxylic acid groups (broad SMARTS) is 1. The smallest absolute Gasteiger partial charge is 0.290 e. The summed E-state index contributed by atoms with van der Waals surface area (Å²) in [5, 5.41) is 6.89. The van der Waals surface area contributed by atoms with E-state index in [9.17, 15) is 9.59 Å². The second-order valence-corrected chi connectivity index (χ2v) is 9.20. The van der Waals surface area contributed by atoms with Crippen LogP contribution in [0, 0.1) is 11.8 Å². The van der Waals surface area contributed by atoms with Crippen LogP contribution in [0.25, 0.3) is 0 Å². The topological polar surface area (TPSA) is 99.6 Å². The van der Waals surface area contributed by atoms with Crippen LogP contribution in [0.4, 0.5) is 0 Å². The summed E-state index contributed by atoms with van der Waals surface area (Å²) in [4.78, 5) is 41.1. The van der Waals surface area contributed by atoms with E-state index < -0.39 is 0 Å². The summed E-state index contributed by atoms with van der Waals surface area (Å²) in [6, 6.07) is 5.85. The van der Waals surface area contributed by atoms with Crippen LogP contribution in [0.1, 0.15) is 36.0 Å². The molecule has 3 aliphatic heterocycles. The summed E-state index contributed by atoms with van der Waals surface area (Å²) in [5.41, 5.74) is 0.539. The minimum atomic E-state index is -0.250. The standard InChI is InChI=1S/C23H33N3O4.CH2O2/c1-24(2)14-19-16-11-15(18-8-6-10-21(27)26(18)19)12-25(13-16)23(28)17-7-5-9-20(29-3)22(17)30-4;2-1-3/h5,7,9,15-16,18-19H,6,8,10-14H2,1-4H3;1H,(H,2,3)/t15-,16+,18+,19+;/m1./s1. The maximum absolute atomic E-state index is 13.5. The molecule has 0 aromatic heterocycles. The number of hydrogen-bond acceptors (Lipinski definition) is 6. The van der Waals surface area contributed by atoms with Crippen LogP contribution in [0.2, 0.25) is 0 Å². The fraction of sp³-hybridized carbons (Fsp3) is 0.625. The minimum absolute atomic E-state index is 0.0142. The lowest BCUT2D eigenvalue weighted by atomic mass is 9.72. The van der Waals surface area contributed by atoms with Crippen molar-refractivity contribution in [1.82, 2.24) is 14.7 Å². The Hall–Kier alpha value is -2.81. The average Bonchev–Trinajstić information content (AvgIpc) is 2.81. The van der Waals surface area contributed by atoms with Crippen molar-refractivity contribution in [2.45, 2.75) is 37.8 Å². The SMILES string of the molecule is COc1cccc(C(=O)N2C[C@H]3C[C@@H](C2)[C@H](CN(C)C)N2C(=O)CCC[C@@H]32)c1OC.O=CO. The van der Waals surface area contributed by atoms with Gasteiger partial charge in [-0.3, -0.25) is 14.4 Å². The molecule has 3 heterocycles. The van der Waals surface area contributed by atoms with Crippen LogP contribution in [-0.4, -0.2) is 98.1 Å². The van der Waals surface area contributed by atoms with E-state index in [0.717, 1.165) is 25.8 Å². The Morgan fingerprint density at radius 3 is 2.55 bits per heavy atom. The second-order valence-electron chi connectivity index (χ2n) is 9.20. The molecule has 3 saturated heterocycles. The first-order chi connectivity index (χ1) is 15.9. The molecule has 0 unspecified atom stereocenters. The third kappa shape index (κ3) is 5.08. The van der Waals surface area contributed by atoms with Gasteiger partial charge in [0.2, 0.25) is 5.91 Å². The maximum Gasteiger partial charge on any atom is 0.290 e. The normalized spacial score (nSPS) is 26.2. The number of methoxy groups -OCH3 is 2. The van der Waals surface area contributed by atoms with Crippen molar-refractivity contribution in [2.24, 2.45) is 11.8 Å². The lowest BCUT2D eigenvalue weighted by Crippen LogP contribution is -2.67. The molecule has 0 spiro atoms. The van der Waals surface area contributed by atoms with E-state index in [2.05, 4.69) is 23.9 Å². The molecule has 3 aliphatic rings. The van der Waals surface area contributed by atoms with Gasteiger partial charge in [-0.25, -0.2) is 0 Å². The number of para-hydroxylation sites is 1. The number of rotatable bonds is 5. The van der Waals surface area contributed by atoms with Crippen LogP contribution in [0.15, 0.2) is 18.2 Å².